The fourth-order valence-corrected chi connectivity index (χ4v) is 7.75. The van der Waals surface area contributed by atoms with Crippen LogP contribution in [-0.4, -0.2) is 17.6 Å². The van der Waals surface area contributed by atoms with Crippen LogP contribution in [0.2, 0.25) is 0 Å². The number of anilines is 1. The zero-order chi connectivity index (χ0) is 21.2. The van der Waals surface area contributed by atoms with E-state index in [2.05, 4.69) is 72.2 Å². The molecule has 2 aromatic carbocycles. The number of aryl methyl sites for hydroxylation is 1. The zero-order valence-electron chi connectivity index (χ0n) is 19.6. The van der Waals surface area contributed by atoms with Crippen LogP contribution in [0, 0.1) is 18.8 Å². The summed E-state index contributed by atoms with van der Waals surface area (Å²) in [5.41, 5.74) is 5.68. The molecule has 0 spiro atoms. The van der Waals surface area contributed by atoms with E-state index >= 15 is 0 Å². The Bertz CT molecular complexity index is 943. The summed E-state index contributed by atoms with van der Waals surface area (Å²) in [7, 11) is 0. The van der Waals surface area contributed by atoms with Gasteiger partial charge in [0.25, 0.3) is 0 Å². The van der Waals surface area contributed by atoms with E-state index in [0.717, 1.165) is 0 Å². The molecule has 2 nitrogen and oxygen atoms in total. The summed E-state index contributed by atoms with van der Waals surface area (Å²) in [6.07, 6.45) is 10.8. The third kappa shape index (κ3) is 2.46. The van der Waals surface area contributed by atoms with Crippen molar-refractivity contribution in [2.24, 2.45) is 11.8 Å². The summed E-state index contributed by atoms with van der Waals surface area (Å²) in [5.74, 6) is 1.39. The SMILES string of the molecule is [2H]C1N(c2ccccc2C)[C@@H](C)C2c3ccccc3C(C3CCCC3)(C3CCCC3)N21. The second-order valence-electron chi connectivity index (χ2n) is 10.3. The molecule has 2 aliphatic heterocycles. The molecule has 2 saturated carbocycles. The van der Waals surface area contributed by atoms with Crippen molar-refractivity contribution in [3.05, 3.63) is 65.2 Å². The molecule has 30 heavy (non-hydrogen) atoms. The van der Waals surface area contributed by atoms with E-state index in [1.54, 1.807) is 5.56 Å². The van der Waals surface area contributed by atoms with Crippen molar-refractivity contribution in [1.29, 1.82) is 0 Å². The highest BCUT2D eigenvalue weighted by atomic mass is 15.5. The molecule has 2 heterocycles. The molecule has 1 saturated heterocycles. The zero-order valence-corrected chi connectivity index (χ0v) is 18.6. The molecule has 6 rings (SSSR count). The van der Waals surface area contributed by atoms with Gasteiger partial charge in [0.1, 0.15) is 0 Å². The van der Waals surface area contributed by atoms with Crippen LogP contribution in [-0.2, 0) is 5.54 Å². The van der Waals surface area contributed by atoms with E-state index in [1.807, 2.05) is 0 Å². The Morgan fingerprint density at radius 2 is 1.47 bits per heavy atom. The first-order chi connectivity index (χ1) is 15.2. The third-order valence-corrected chi connectivity index (χ3v) is 8.93. The van der Waals surface area contributed by atoms with Gasteiger partial charge < -0.3 is 4.90 Å². The summed E-state index contributed by atoms with van der Waals surface area (Å²) >= 11 is 0. The Morgan fingerprint density at radius 1 is 0.867 bits per heavy atom. The number of hydrogen-bond acceptors (Lipinski definition) is 2. The predicted octanol–water partition coefficient (Wildman–Crippen LogP) is 6.79. The number of para-hydroxylation sites is 1. The van der Waals surface area contributed by atoms with Crippen LogP contribution >= 0.6 is 0 Å². The molecular formula is C28H36N2. The van der Waals surface area contributed by atoms with Gasteiger partial charge in [-0.3, -0.25) is 4.90 Å². The average Bonchev–Trinajstić information content (AvgIpc) is 3.56. The lowest BCUT2D eigenvalue weighted by Crippen LogP contribution is -2.52. The number of benzene rings is 2. The van der Waals surface area contributed by atoms with Crippen LogP contribution in [0.25, 0.3) is 0 Å². The molecule has 4 aliphatic rings. The molecule has 3 fully saturated rings. The van der Waals surface area contributed by atoms with Crippen LogP contribution < -0.4 is 4.90 Å². The van der Waals surface area contributed by atoms with Gasteiger partial charge in [-0.1, -0.05) is 68.1 Å². The average molecular weight is 402 g/mol. The van der Waals surface area contributed by atoms with E-state index in [1.165, 1.54) is 68.2 Å². The maximum Gasteiger partial charge on any atom is 0.0724 e. The summed E-state index contributed by atoms with van der Waals surface area (Å²) < 4.78 is 9.69. The Hall–Kier alpha value is -1.80. The molecule has 0 amide bonds. The third-order valence-electron chi connectivity index (χ3n) is 8.93. The van der Waals surface area contributed by atoms with Crippen molar-refractivity contribution in [2.45, 2.75) is 82.8 Å². The molecule has 0 bridgehead atoms. The van der Waals surface area contributed by atoms with Crippen molar-refractivity contribution < 1.29 is 1.37 Å². The number of rotatable bonds is 3. The molecule has 2 aliphatic carbocycles. The Morgan fingerprint density at radius 3 is 2.13 bits per heavy atom. The highest BCUT2D eigenvalue weighted by Crippen LogP contribution is 2.63. The van der Waals surface area contributed by atoms with E-state index in [9.17, 15) is 1.37 Å². The van der Waals surface area contributed by atoms with Gasteiger partial charge >= 0.3 is 0 Å². The fourth-order valence-electron chi connectivity index (χ4n) is 7.75. The number of nitrogens with zero attached hydrogens (tertiary/aromatic N) is 2. The minimum absolute atomic E-state index is 0.0480. The van der Waals surface area contributed by atoms with Crippen molar-refractivity contribution in [2.75, 3.05) is 11.5 Å². The lowest BCUT2D eigenvalue weighted by molar-refractivity contribution is -0.0130. The first-order valence-electron chi connectivity index (χ1n) is 12.9. The lowest BCUT2D eigenvalue weighted by atomic mass is 9.67. The van der Waals surface area contributed by atoms with Crippen molar-refractivity contribution in [3.63, 3.8) is 0 Å². The van der Waals surface area contributed by atoms with Crippen LogP contribution in [0.4, 0.5) is 5.69 Å². The summed E-state index contributed by atoms with van der Waals surface area (Å²) in [5, 5.41) is 0. The normalized spacial score (nSPS) is 31.9. The first-order valence-corrected chi connectivity index (χ1v) is 12.3. The number of fused-ring (bicyclic) bond motifs is 3. The molecule has 0 aromatic heterocycles. The summed E-state index contributed by atoms with van der Waals surface area (Å²) in [6.45, 7) is 4.25. The van der Waals surface area contributed by atoms with E-state index in [4.69, 9.17) is 0 Å². The minimum atomic E-state index is -0.324. The smallest absolute Gasteiger partial charge is 0.0724 e. The largest absolute Gasteiger partial charge is 0.354 e. The Labute approximate surface area is 183 Å². The minimum Gasteiger partial charge on any atom is -0.354 e. The molecule has 2 aromatic rings. The van der Waals surface area contributed by atoms with Crippen molar-refractivity contribution in [1.82, 2.24) is 4.90 Å². The standard InChI is InChI=1S/C28H36N2/c1-20-11-3-10-18-26(20)29-19-30-27(21(29)2)24-16-8-9-17-25(24)28(30,22-12-4-5-13-22)23-14-6-7-15-23/h3,8-11,16-18,21-23,27H,4-7,12-15,19H2,1-2H3/t21-,27?/m0/s1/i19D/t19?,21-,27?. The van der Waals surface area contributed by atoms with Crippen molar-refractivity contribution in [3.8, 4) is 0 Å². The fraction of sp³-hybridized carbons (Fsp3) is 0.571. The topological polar surface area (TPSA) is 6.48 Å². The quantitative estimate of drug-likeness (QED) is 0.558. The molecule has 3 atom stereocenters. The molecule has 2 heteroatoms. The molecule has 2 unspecified atom stereocenters. The molecule has 0 N–H and O–H groups in total. The monoisotopic (exact) mass is 401 g/mol. The molecular weight excluding hydrogens is 364 g/mol. The maximum absolute atomic E-state index is 9.69. The lowest BCUT2D eigenvalue weighted by Gasteiger charge is -2.48. The van der Waals surface area contributed by atoms with Gasteiger partial charge in [0.2, 0.25) is 0 Å². The van der Waals surface area contributed by atoms with Crippen LogP contribution in [0.1, 0.15) is 82.4 Å². The van der Waals surface area contributed by atoms with Gasteiger partial charge in [0.05, 0.1) is 19.6 Å². The maximum atomic E-state index is 9.69. The predicted molar refractivity (Wildman–Crippen MR) is 125 cm³/mol. The summed E-state index contributed by atoms with van der Waals surface area (Å²) in [6, 6.07) is 18.7. The Balaban J connectivity index is 1.56. The van der Waals surface area contributed by atoms with Crippen LogP contribution in [0.5, 0.6) is 0 Å². The highest BCUT2D eigenvalue weighted by Gasteiger charge is 2.62. The van der Waals surface area contributed by atoms with Crippen LogP contribution in [0.15, 0.2) is 48.5 Å². The van der Waals surface area contributed by atoms with Gasteiger partial charge in [-0.2, -0.15) is 0 Å². The second kappa shape index (κ2) is 7.12. The van der Waals surface area contributed by atoms with Gasteiger partial charge in [-0.25, -0.2) is 0 Å². The first kappa shape index (κ1) is 17.8. The Kier molecular flexibility index (Phi) is 4.23. The summed E-state index contributed by atoms with van der Waals surface area (Å²) in [4.78, 5) is 5.15. The van der Waals surface area contributed by atoms with E-state index in [0.29, 0.717) is 23.9 Å². The van der Waals surface area contributed by atoms with Crippen LogP contribution in [0.3, 0.4) is 0 Å². The number of hydrogen-bond donors (Lipinski definition) is 0. The second-order valence-corrected chi connectivity index (χ2v) is 10.3. The van der Waals surface area contributed by atoms with Gasteiger partial charge in [-0.05, 0) is 74.1 Å². The van der Waals surface area contributed by atoms with E-state index in [-0.39, 0.29) is 12.2 Å². The highest BCUT2D eigenvalue weighted by molar-refractivity contribution is 5.57. The van der Waals surface area contributed by atoms with Gasteiger partial charge in [0.15, 0.2) is 0 Å². The molecule has 0 radical (unpaired) electrons. The van der Waals surface area contributed by atoms with E-state index < -0.39 is 0 Å². The van der Waals surface area contributed by atoms with Gasteiger partial charge in [0, 0.05) is 11.7 Å². The van der Waals surface area contributed by atoms with Gasteiger partial charge in [-0.15, -0.1) is 0 Å². The van der Waals surface area contributed by atoms with Crippen molar-refractivity contribution >= 4 is 5.69 Å². The molecule has 158 valence electrons.